The maximum absolute atomic E-state index is 11.4. The van der Waals surface area contributed by atoms with Crippen LogP contribution in [-0.4, -0.2) is 28.6 Å². The number of carboxylic acids is 1. The average molecular weight is 192 g/mol. The molecule has 3 rings (SSSR count). The van der Waals surface area contributed by atoms with Gasteiger partial charge in [-0.05, 0) is 12.2 Å². The molecule has 14 heavy (non-hydrogen) atoms. The molecular weight excluding hydrogens is 184 g/mol. The van der Waals surface area contributed by atoms with E-state index in [9.17, 15) is 9.59 Å². The first-order valence-electron chi connectivity index (χ1n) is 4.48. The van der Waals surface area contributed by atoms with Crippen LogP contribution in [-0.2, 0) is 14.3 Å². The largest absolute Gasteiger partial charge is 0.479 e. The number of ketones is 1. The van der Waals surface area contributed by atoms with Crippen LogP contribution in [0.25, 0.3) is 0 Å². The molecule has 1 N–H and O–H groups in total. The van der Waals surface area contributed by atoms with Crippen molar-refractivity contribution in [1.29, 1.82) is 0 Å². The van der Waals surface area contributed by atoms with Gasteiger partial charge in [-0.2, -0.15) is 0 Å². The predicted molar refractivity (Wildman–Crippen MR) is 45.5 cm³/mol. The number of carbonyl (C=O) groups is 2. The molecule has 2 heterocycles. The molecule has 4 nitrogen and oxygen atoms in total. The highest BCUT2D eigenvalue weighted by molar-refractivity contribution is 5.98. The number of hydrogen-bond donors (Lipinski definition) is 1. The summed E-state index contributed by atoms with van der Waals surface area (Å²) in [6, 6.07) is 0. The third kappa shape index (κ3) is 0.652. The number of ether oxygens (including phenoxy) is 1. The quantitative estimate of drug-likeness (QED) is 0.600. The fourth-order valence-electron chi connectivity index (χ4n) is 2.57. The molecule has 0 amide bonds. The SMILES string of the molecule is O=C1C=CC2C1C1C=CC2(C(=O)O)O1. The maximum Gasteiger partial charge on any atom is 0.340 e. The molecule has 1 saturated heterocycles. The van der Waals surface area contributed by atoms with Gasteiger partial charge in [0.15, 0.2) is 11.4 Å². The Morgan fingerprint density at radius 1 is 1.50 bits per heavy atom. The van der Waals surface area contributed by atoms with Gasteiger partial charge in [0.25, 0.3) is 0 Å². The number of allylic oxidation sites excluding steroid dienone is 1. The lowest BCUT2D eigenvalue weighted by Crippen LogP contribution is -2.41. The van der Waals surface area contributed by atoms with Crippen molar-refractivity contribution in [2.45, 2.75) is 11.7 Å². The number of carbonyl (C=O) groups excluding carboxylic acids is 1. The predicted octanol–water partition coefficient (Wildman–Crippen LogP) is 0.150. The van der Waals surface area contributed by atoms with E-state index in [1.54, 1.807) is 18.2 Å². The number of rotatable bonds is 1. The fraction of sp³-hybridized carbons (Fsp3) is 0.400. The lowest BCUT2D eigenvalue weighted by atomic mass is 9.77. The third-order valence-corrected chi connectivity index (χ3v) is 3.23. The zero-order valence-electron chi connectivity index (χ0n) is 7.21. The second-order valence-corrected chi connectivity index (χ2v) is 3.85. The number of carboxylic acid groups (broad SMARTS) is 1. The lowest BCUT2D eigenvalue weighted by molar-refractivity contribution is -0.156. The molecule has 72 valence electrons. The summed E-state index contributed by atoms with van der Waals surface area (Å²) in [5.74, 6) is -1.66. The normalized spacial score (nSPS) is 47.4. The average Bonchev–Trinajstić information content (AvgIpc) is 2.76. The molecular formula is C10H8O4. The van der Waals surface area contributed by atoms with Gasteiger partial charge in [0.1, 0.15) is 0 Å². The zero-order valence-corrected chi connectivity index (χ0v) is 7.21. The van der Waals surface area contributed by atoms with Gasteiger partial charge in [0.05, 0.1) is 12.0 Å². The van der Waals surface area contributed by atoms with Crippen molar-refractivity contribution in [2.75, 3.05) is 0 Å². The number of fused-ring (bicyclic) bond motifs is 5. The van der Waals surface area contributed by atoms with E-state index in [4.69, 9.17) is 9.84 Å². The second kappa shape index (κ2) is 2.15. The minimum Gasteiger partial charge on any atom is -0.479 e. The van der Waals surface area contributed by atoms with Crippen molar-refractivity contribution in [3.63, 3.8) is 0 Å². The minimum atomic E-state index is -1.28. The topological polar surface area (TPSA) is 63.6 Å². The molecule has 0 radical (unpaired) electrons. The van der Waals surface area contributed by atoms with Gasteiger partial charge >= 0.3 is 5.97 Å². The summed E-state index contributed by atoms with van der Waals surface area (Å²) in [6.45, 7) is 0. The van der Waals surface area contributed by atoms with E-state index >= 15 is 0 Å². The van der Waals surface area contributed by atoms with Crippen molar-refractivity contribution < 1.29 is 19.4 Å². The van der Waals surface area contributed by atoms with E-state index in [2.05, 4.69) is 0 Å². The van der Waals surface area contributed by atoms with Crippen LogP contribution < -0.4 is 0 Å². The first kappa shape index (κ1) is 7.94. The highest BCUT2D eigenvalue weighted by Crippen LogP contribution is 2.50. The Balaban J connectivity index is 2.12. The van der Waals surface area contributed by atoms with Crippen LogP contribution in [0.1, 0.15) is 0 Å². The van der Waals surface area contributed by atoms with Gasteiger partial charge in [-0.1, -0.05) is 12.2 Å². The van der Waals surface area contributed by atoms with Crippen LogP contribution in [0.5, 0.6) is 0 Å². The van der Waals surface area contributed by atoms with Gasteiger partial charge in [-0.15, -0.1) is 0 Å². The van der Waals surface area contributed by atoms with Crippen molar-refractivity contribution in [3.05, 3.63) is 24.3 Å². The Kier molecular flexibility index (Phi) is 1.22. The molecule has 0 spiro atoms. The van der Waals surface area contributed by atoms with Crippen LogP contribution >= 0.6 is 0 Å². The fourth-order valence-corrected chi connectivity index (χ4v) is 2.57. The smallest absolute Gasteiger partial charge is 0.340 e. The van der Waals surface area contributed by atoms with E-state index < -0.39 is 11.6 Å². The van der Waals surface area contributed by atoms with Crippen LogP contribution in [0.4, 0.5) is 0 Å². The minimum absolute atomic E-state index is 0.0209. The van der Waals surface area contributed by atoms with Crippen molar-refractivity contribution in [2.24, 2.45) is 11.8 Å². The summed E-state index contributed by atoms with van der Waals surface area (Å²) in [6.07, 6.45) is 6.02. The Bertz CT molecular complexity index is 395. The van der Waals surface area contributed by atoms with Crippen molar-refractivity contribution in [1.82, 2.24) is 0 Å². The summed E-state index contributed by atoms with van der Waals surface area (Å²) in [5, 5.41) is 9.10. The van der Waals surface area contributed by atoms with E-state index in [0.29, 0.717) is 0 Å². The monoisotopic (exact) mass is 192 g/mol. The Hall–Kier alpha value is -1.42. The summed E-state index contributed by atoms with van der Waals surface area (Å²) >= 11 is 0. The van der Waals surface area contributed by atoms with Gasteiger partial charge in [0.2, 0.25) is 0 Å². The summed E-state index contributed by atoms with van der Waals surface area (Å²) in [4.78, 5) is 22.5. The second-order valence-electron chi connectivity index (χ2n) is 3.85. The Morgan fingerprint density at radius 3 is 3.00 bits per heavy atom. The molecule has 0 aromatic rings. The van der Waals surface area contributed by atoms with Crippen LogP contribution in [0.2, 0.25) is 0 Å². The third-order valence-electron chi connectivity index (χ3n) is 3.23. The zero-order chi connectivity index (χ0) is 9.92. The molecule has 4 atom stereocenters. The number of hydrogen-bond acceptors (Lipinski definition) is 3. The highest BCUT2D eigenvalue weighted by Gasteiger charge is 2.63. The van der Waals surface area contributed by atoms with Crippen LogP contribution in [0.15, 0.2) is 24.3 Å². The van der Waals surface area contributed by atoms with Crippen LogP contribution in [0, 0.1) is 11.8 Å². The Labute approximate surface area is 79.9 Å². The van der Waals surface area contributed by atoms with Crippen molar-refractivity contribution >= 4 is 11.8 Å². The molecule has 4 unspecified atom stereocenters. The van der Waals surface area contributed by atoms with E-state index in [1.165, 1.54) is 6.08 Å². The number of aliphatic carboxylic acids is 1. The first-order valence-corrected chi connectivity index (χ1v) is 4.48. The summed E-state index contributed by atoms with van der Waals surface area (Å²) in [5.41, 5.74) is -1.28. The molecule has 2 bridgehead atoms. The van der Waals surface area contributed by atoms with Gasteiger partial charge in [-0.3, -0.25) is 4.79 Å². The van der Waals surface area contributed by atoms with E-state index in [0.717, 1.165) is 0 Å². The van der Waals surface area contributed by atoms with Crippen LogP contribution in [0.3, 0.4) is 0 Å². The molecule has 2 aliphatic heterocycles. The molecule has 0 aromatic heterocycles. The summed E-state index contributed by atoms with van der Waals surface area (Å²) < 4.78 is 5.38. The molecule has 1 aliphatic carbocycles. The first-order chi connectivity index (χ1) is 6.65. The molecule has 4 heteroatoms. The Morgan fingerprint density at radius 2 is 2.29 bits per heavy atom. The van der Waals surface area contributed by atoms with E-state index in [-0.39, 0.29) is 23.7 Å². The van der Waals surface area contributed by atoms with Crippen molar-refractivity contribution in [3.8, 4) is 0 Å². The maximum atomic E-state index is 11.4. The molecule has 0 aromatic carbocycles. The highest BCUT2D eigenvalue weighted by atomic mass is 16.5. The van der Waals surface area contributed by atoms with E-state index in [1.807, 2.05) is 0 Å². The van der Waals surface area contributed by atoms with Gasteiger partial charge < -0.3 is 9.84 Å². The molecule has 3 aliphatic rings. The summed E-state index contributed by atoms with van der Waals surface area (Å²) in [7, 11) is 0. The standard InChI is InChI=1S/C10H8O4/c11-6-2-1-5-8(6)7-3-4-10(5,14-7)9(12)13/h1-5,7-8H,(H,12,13). The van der Waals surface area contributed by atoms with Gasteiger partial charge in [0, 0.05) is 5.92 Å². The van der Waals surface area contributed by atoms with Gasteiger partial charge in [-0.25, -0.2) is 4.79 Å². The lowest BCUT2D eigenvalue weighted by Gasteiger charge is -2.23. The molecule has 0 saturated carbocycles. The molecule has 1 fully saturated rings.